The number of halogens is 2. The highest BCUT2D eigenvalue weighted by molar-refractivity contribution is 6.32. The van der Waals surface area contributed by atoms with E-state index >= 15 is 0 Å². The fourth-order valence-electron chi connectivity index (χ4n) is 3.26. The number of hydrogen-bond acceptors (Lipinski definition) is 6. The molecule has 190 valence electrons. The van der Waals surface area contributed by atoms with Crippen LogP contribution in [0.2, 0.25) is 5.02 Å². The van der Waals surface area contributed by atoms with Crippen molar-refractivity contribution < 1.29 is 28.2 Å². The van der Waals surface area contributed by atoms with Gasteiger partial charge in [-0.3, -0.25) is 4.79 Å². The SMILES string of the molecule is CCOC(=O)c1ccc(NC(=O)/C(C#N)=C/c2cc(Cl)c(OCc3ccccc3F)c(OCC)c2)cc1. The van der Waals surface area contributed by atoms with Crippen molar-refractivity contribution in [3.8, 4) is 17.6 Å². The predicted octanol–water partition coefficient (Wildman–Crippen LogP) is 6.18. The number of ether oxygens (including phenoxy) is 3. The van der Waals surface area contributed by atoms with Gasteiger partial charge < -0.3 is 19.5 Å². The lowest BCUT2D eigenvalue weighted by molar-refractivity contribution is -0.112. The van der Waals surface area contributed by atoms with E-state index in [0.29, 0.717) is 29.0 Å². The first-order valence-electron chi connectivity index (χ1n) is 11.4. The molecule has 0 fully saturated rings. The second-order valence-electron chi connectivity index (χ2n) is 7.56. The van der Waals surface area contributed by atoms with Gasteiger partial charge in [-0.25, -0.2) is 9.18 Å². The zero-order valence-corrected chi connectivity index (χ0v) is 21.0. The summed E-state index contributed by atoms with van der Waals surface area (Å²) in [5.41, 5.74) is 1.32. The highest BCUT2D eigenvalue weighted by atomic mass is 35.5. The van der Waals surface area contributed by atoms with Crippen molar-refractivity contribution in [3.05, 3.63) is 93.8 Å². The van der Waals surface area contributed by atoms with Crippen molar-refractivity contribution >= 4 is 35.2 Å². The highest BCUT2D eigenvalue weighted by Gasteiger charge is 2.16. The molecule has 37 heavy (non-hydrogen) atoms. The van der Waals surface area contributed by atoms with E-state index in [1.54, 1.807) is 38.1 Å². The van der Waals surface area contributed by atoms with E-state index in [4.69, 9.17) is 25.8 Å². The van der Waals surface area contributed by atoms with Crippen molar-refractivity contribution in [2.24, 2.45) is 0 Å². The van der Waals surface area contributed by atoms with Crippen LogP contribution in [-0.2, 0) is 16.1 Å². The monoisotopic (exact) mass is 522 g/mol. The Bertz CT molecular complexity index is 1350. The Kier molecular flexibility index (Phi) is 9.64. The highest BCUT2D eigenvalue weighted by Crippen LogP contribution is 2.38. The smallest absolute Gasteiger partial charge is 0.338 e. The van der Waals surface area contributed by atoms with Gasteiger partial charge in [0.2, 0.25) is 0 Å². The van der Waals surface area contributed by atoms with Gasteiger partial charge in [-0.2, -0.15) is 5.26 Å². The van der Waals surface area contributed by atoms with E-state index in [2.05, 4.69) is 5.32 Å². The van der Waals surface area contributed by atoms with E-state index in [0.717, 1.165) is 0 Å². The molecule has 3 aromatic rings. The molecule has 9 heteroatoms. The lowest BCUT2D eigenvalue weighted by Crippen LogP contribution is -2.13. The summed E-state index contributed by atoms with van der Waals surface area (Å²) in [7, 11) is 0. The Morgan fingerprint density at radius 1 is 1.05 bits per heavy atom. The Labute approximate surface area is 219 Å². The van der Waals surface area contributed by atoms with Gasteiger partial charge in [-0.1, -0.05) is 29.8 Å². The van der Waals surface area contributed by atoms with Crippen LogP contribution >= 0.6 is 11.6 Å². The number of benzene rings is 3. The summed E-state index contributed by atoms with van der Waals surface area (Å²) in [6.07, 6.45) is 1.36. The van der Waals surface area contributed by atoms with Crippen LogP contribution < -0.4 is 14.8 Å². The second kappa shape index (κ2) is 13.1. The number of amides is 1. The molecular weight excluding hydrogens is 499 g/mol. The van der Waals surface area contributed by atoms with Crippen molar-refractivity contribution in [3.63, 3.8) is 0 Å². The fourth-order valence-corrected chi connectivity index (χ4v) is 3.53. The minimum atomic E-state index is -0.652. The molecular formula is C28H24ClFN2O5. The normalized spacial score (nSPS) is 10.8. The average Bonchev–Trinajstić information content (AvgIpc) is 2.88. The summed E-state index contributed by atoms with van der Waals surface area (Å²) in [5, 5.41) is 12.4. The lowest BCUT2D eigenvalue weighted by atomic mass is 10.1. The van der Waals surface area contributed by atoms with Crippen molar-refractivity contribution in [2.45, 2.75) is 20.5 Å². The number of nitrogens with zero attached hydrogens (tertiary/aromatic N) is 1. The first kappa shape index (κ1) is 27.2. The van der Waals surface area contributed by atoms with E-state index in [1.165, 1.54) is 42.5 Å². The second-order valence-corrected chi connectivity index (χ2v) is 7.97. The molecule has 0 atom stereocenters. The number of nitriles is 1. The molecule has 0 aliphatic carbocycles. The van der Waals surface area contributed by atoms with Crippen LogP contribution in [0.15, 0.2) is 66.2 Å². The summed E-state index contributed by atoms with van der Waals surface area (Å²) < 4.78 is 30.3. The van der Waals surface area contributed by atoms with Crippen LogP contribution in [0.5, 0.6) is 11.5 Å². The van der Waals surface area contributed by atoms with E-state index in [1.807, 2.05) is 6.07 Å². The number of carbonyl (C=O) groups excluding carboxylic acids is 2. The topological polar surface area (TPSA) is 97.7 Å². The Morgan fingerprint density at radius 2 is 1.78 bits per heavy atom. The summed E-state index contributed by atoms with van der Waals surface area (Å²) in [5.74, 6) is -1.03. The minimum absolute atomic E-state index is 0.0670. The molecule has 7 nitrogen and oxygen atoms in total. The molecule has 0 unspecified atom stereocenters. The Balaban J connectivity index is 1.80. The quantitative estimate of drug-likeness (QED) is 0.194. The molecule has 1 amide bonds. The third-order valence-corrected chi connectivity index (χ3v) is 5.27. The van der Waals surface area contributed by atoms with Gasteiger partial charge in [-0.15, -0.1) is 0 Å². The molecule has 0 heterocycles. The van der Waals surface area contributed by atoms with Crippen LogP contribution in [0.1, 0.15) is 35.3 Å². The number of nitrogens with one attached hydrogen (secondary N) is 1. The van der Waals surface area contributed by atoms with E-state index in [-0.39, 0.29) is 35.3 Å². The van der Waals surface area contributed by atoms with Gasteiger partial charge in [0, 0.05) is 11.3 Å². The van der Waals surface area contributed by atoms with Gasteiger partial charge in [0.1, 0.15) is 24.1 Å². The molecule has 3 aromatic carbocycles. The average molecular weight is 523 g/mol. The molecule has 0 radical (unpaired) electrons. The summed E-state index contributed by atoms with van der Waals surface area (Å²) >= 11 is 6.43. The minimum Gasteiger partial charge on any atom is -0.490 e. The van der Waals surface area contributed by atoms with Gasteiger partial charge in [0.05, 0.1) is 23.8 Å². The zero-order chi connectivity index (χ0) is 26.8. The van der Waals surface area contributed by atoms with Crippen molar-refractivity contribution in [2.75, 3.05) is 18.5 Å². The third kappa shape index (κ3) is 7.32. The molecule has 0 aliphatic rings. The maximum atomic E-state index is 14.0. The molecule has 3 rings (SSSR count). The Morgan fingerprint density at radius 3 is 2.43 bits per heavy atom. The van der Waals surface area contributed by atoms with Gasteiger partial charge >= 0.3 is 5.97 Å². The molecule has 0 saturated carbocycles. The number of esters is 1. The molecule has 0 saturated heterocycles. The van der Waals surface area contributed by atoms with Gasteiger partial charge in [0.25, 0.3) is 5.91 Å². The number of carbonyl (C=O) groups is 2. The van der Waals surface area contributed by atoms with Crippen molar-refractivity contribution in [1.29, 1.82) is 5.26 Å². The maximum Gasteiger partial charge on any atom is 0.338 e. The van der Waals surface area contributed by atoms with Crippen molar-refractivity contribution in [1.82, 2.24) is 0 Å². The van der Waals surface area contributed by atoms with Crippen LogP contribution in [0.25, 0.3) is 6.08 Å². The standard InChI is InChI=1S/C28H24ClFN2O5/c1-3-35-25-15-18(14-23(29)26(25)37-17-20-7-5-6-8-24(20)30)13-21(16-31)27(33)32-22-11-9-19(10-12-22)28(34)36-4-2/h5-15H,3-4,17H2,1-2H3,(H,32,33)/b21-13+. The predicted molar refractivity (Wildman–Crippen MR) is 138 cm³/mol. The molecule has 1 N–H and O–H groups in total. The van der Waals surface area contributed by atoms with Gasteiger partial charge in [0.15, 0.2) is 11.5 Å². The van der Waals surface area contributed by atoms with Crippen LogP contribution in [0.3, 0.4) is 0 Å². The lowest BCUT2D eigenvalue weighted by Gasteiger charge is -2.15. The molecule has 0 aliphatic heterocycles. The largest absolute Gasteiger partial charge is 0.490 e. The molecule has 0 bridgehead atoms. The zero-order valence-electron chi connectivity index (χ0n) is 20.2. The Hall–Kier alpha value is -4.35. The van der Waals surface area contributed by atoms with Crippen LogP contribution in [0, 0.1) is 17.1 Å². The molecule has 0 spiro atoms. The van der Waals surface area contributed by atoms with Gasteiger partial charge in [-0.05, 0) is 68.0 Å². The van der Waals surface area contributed by atoms with E-state index in [9.17, 15) is 19.2 Å². The van der Waals surface area contributed by atoms with Crippen LogP contribution in [0.4, 0.5) is 10.1 Å². The fraction of sp³-hybridized carbons (Fsp3) is 0.179. The number of rotatable bonds is 10. The summed E-state index contributed by atoms with van der Waals surface area (Å²) in [4.78, 5) is 24.5. The molecule has 0 aromatic heterocycles. The maximum absolute atomic E-state index is 14.0. The summed E-state index contributed by atoms with van der Waals surface area (Å²) in [6.45, 7) is 3.97. The number of hydrogen-bond donors (Lipinski definition) is 1. The first-order valence-corrected chi connectivity index (χ1v) is 11.8. The first-order chi connectivity index (χ1) is 17.9. The van der Waals surface area contributed by atoms with E-state index < -0.39 is 17.7 Å². The van der Waals surface area contributed by atoms with Crippen LogP contribution in [-0.4, -0.2) is 25.1 Å². The number of anilines is 1. The summed E-state index contributed by atoms with van der Waals surface area (Å²) in [6, 6.07) is 17.3. The third-order valence-electron chi connectivity index (χ3n) is 4.99.